The predicted octanol–water partition coefficient (Wildman–Crippen LogP) is 4.46. The van der Waals surface area contributed by atoms with Crippen molar-refractivity contribution in [3.8, 4) is 17.2 Å². The molecular weight excluding hydrogens is 450 g/mol. The van der Waals surface area contributed by atoms with Crippen LogP contribution in [-0.2, 0) is 9.53 Å². The van der Waals surface area contributed by atoms with Gasteiger partial charge >= 0.3 is 5.97 Å². The molecule has 0 aliphatic carbocycles. The molecular formula is C25H23N5O3S. The molecule has 4 rings (SSSR count). The molecule has 0 aliphatic heterocycles. The average molecular weight is 474 g/mol. The van der Waals surface area contributed by atoms with E-state index in [9.17, 15) is 9.59 Å². The summed E-state index contributed by atoms with van der Waals surface area (Å²) in [5, 5.41) is 12.2. The molecule has 0 spiro atoms. The minimum absolute atomic E-state index is 0.129. The molecule has 172 valence electrons. The third-order valence-electron chi connectivity index (χ3n) is 5.04. The summed E-state index contributed by atoms with van der Waals surface area (Å²) < 4.78 is 6.62. The molecule has 1 N–H and O–H groups in total. The lowest BCUT2D eigenvalue weighted by Gasteiger charge is -2.13. The number of benzene rings is 2. The van der Waals surface area contributed by atoms with E-state index in [1.54, 1.807) is 30.5 Å². The maximum Gasteiger partial charge on any atom is 0.337 e. The van der Waals surface area contributed by atoms with E-state index in [0.717, 1.165) is 16.8 Å². The first-order chi connectivity index (χ1) is 16.5. The van der Waals surface area contributed by atoms with Gasteiger partial charge in [0, 0.05) is 11.9 Å². The first-order valence-electron chi connectivity index (χ1n) is 10.5. The van der Waals surface area contributed by atoms with Crippen molar-refractivity contribution in [3.05, 3.63) is 83.6 Å². The number of anilines is 1. The minimum atomic E-state index is -0.428. The molecule has 9 heteroatoms. The van der Waals surface area contributed by atoms with Gasteiger partial charge in [0.05, 0.1) is 24.1 Å². The highest BCUT2D eigenvalue weighted by Crippen LogP contribution is 2.29. The van der Waals surface area contributed by atoms with E-state index in [1.807, 2.05) is 48.7 Å². The summed E-state index contributed by atoms with van der Waals surface area (Å²) in [5.41, 5.74) is 4.84. The van der Waals surface area contributed by atoms with E-state index < -0.39 is 5.97 Å². The Morgan fingerprint density at radius 1 is 1.03 bits per heavy atom. The zero-order valence-electron chi connectivity index (χ0n) is 19.0. The minimum Gasteiger partial charge on any atom is -0.465 e. The highest BCUT2D eigenvalue weighted by Gasteiger charge is 2.19. The zero-order valence-corrected chi connectivity index (χ0v) is 19.8. The molecule has 4 aromatic rings. The van der Waals surface area contributed by atoms with E-state index >= 15 is 0 Å². The van der Waals surface area contributed by atoms with E-state index in [-0.39, 0.29) is 11.7 Å². The summed E-state index contributed by atoms with van der Waals surface area (Å²) in [6, 6.07) is 18.3. The molecule has 34 heavy (non-hydrogen) atoms. The maximum atomic E-state index is 12.6. The number of amides is 1. The molecule has 0 saturated heterocycles. The number of pyridine rings is 1. The van der Waals surface area contributed by atoms with E-state index in [2.05, 4.69) is 26.6 Å². The molecule has 0 bridgehead atoms. The fourth-order valence-electron chi connectivity index (χ4n) is 3.43. The van der Waals surface area contributed by atoms with Crippen molar-refractivity contribution in [2.24, 2.45) is 0 Å². The smallest absolute Gasteiger partial charge is 0.337 e. The van der Waals surface area contributed by atoms with Crippen LogP contribution < -0.4 is 5.32 Å². The number of esters is 1. The lowest BCUT2D eigenvalue weighted by molar-refractivity contribution is -0.113. The van der Waals surface area contributed by atoms with Gasteiger partial charge in [0.2, 0.25) is 5.91 Å². The number of aromatic nitrogens is 4. The fraction of sp³-hybridized carbons (Fsp3) is 0.160. The van der Waals surface area contributed by atoms with Crippen LogP contribution >= 0.6 is 11.8 Å². The van der Waals surface area contributed by atoms with Crippen molar-refractivity contribution < 1.29 is 14.3 Å². The summed E-state index contributed by atoms with van der Waals surface area (Å²) >= 11 is 1.28. The van der Waals surface area contributed by atoms with Crippen LogP contribution in [0.3, 0.4) is 0 Å². The van der Waals surface area contributed by atoms with Gasteiger partial charge in [-0.05, 0) is 61.9 Å². The Morgan fingerprint density at radius 2 is 1.82 bits per heavy atom. The molecule has 0 unspecified atom stereocenters. The van der Waals surface area contributed by atoms with Crippen LogP contribution in [0.4, 0.5) is 5.69 Å². The monoisotopic (exact) mass is 473 g/mol. The third-order valence-corrected chi connectivity index (χ3v) is 5.97. The van der Waals surface area contributed by atoms with Crippen molar-refractivity contribution >= 4 is 29.3 Å². The first kappa shape index (κ1) is 23.2. The predicted molar refractivity (Wildman–Crippen MR) is 131 cm³/mol. The van der Waals surface area contributed by atoms with Crippen molar-refractivity contribution in [1.82, 2.24) is 19.7 Å². The number of nitrogens with zero attached hydrogens (tertiary/aromatic N) is 4. The lowest BCUT2D eigenvalue weighted by Crippen LogP contribution is -2.15. The second kappa shape index (κ2) is 10.3. The van der Waals surface area contributed by atoms with Crippen LogP contribution in [0.25, 0.3) is 17.2 Å². The third kappa shape index (κ3) is 5.15. The number of ether oxygens (including phenoxy) is 1. The normalized spacial score (nSPS) is 10.7. The van der Waals surface area contributed by atoms with Gasteiger partial charge in [0.15, 0.2) is 11.0 Å². The topological polar surface area (TPSA) is 99.0 Å². The standard InChI is InChI=1S/C25H23N5O3S/c1-16-7-12-21(17(2)14-16)30-23(20-6-4-5-13-26-20)28-29-25(30)34-15-22(31)27-19-10-8-18(9-11-19)24(32)33-3/h4-14H,15H2,1-3H3,(H,27,31). The van der Waals surface area contributed by atoms with Crippen molar-refractivity contribution in [2.45, 2.75) is 19.0 Å². The second-order valence-corrected chi connectivity index (χ2v) is 8.49. The van der Waals surface area contributed by atoms with Crippen LogP contribution in [0.5, 0.6) is 0 Å². The van der Waals surface area contributed by atoms with Gasteiger partial charge in [-0.15, -0.1) is 10.2 Å². The van der Waals surface area contributed by atoms with Gasteiger partial charge in [-0.2, -0.15) is 0 Å². The highest BCUT2D eigenvalue weighted by atomic mass is 32.2. The quantitative estimate of drug-likeness (QED) is 0.312. The number of hydrogen-bond donors (Lipinski definition) is 1. The number of thioether (sulfide) groups is 1. The summed E-state index contributed by atoms with van der Waals surface area (Å²) in [5.74, 6) is 0.103. The molecule has 8 nitrogen and oxygen atoms in total. The largest absolute Gasteiger partial charge is 0.465 e. The SMILES string of the molecule is COC(=O)c1ccc(NC(=O)CSc2nnc(-c3ccccn3)n2-c2ccc(C)cc2C)cc1. The Morgan fingerprint density at radius 3 is 2.50 bits per heavy atom. The van der Waals surface area contributed by atoms with Crippen LogP contribution in [0.15, 0.2) is 72.0 Å². The second-order valence-electron chi connectivity index (χ2n) is 7.55. The molecule has 0 atom stereocenters. The van der Waals surface area contributed by atoms with Crippen molar-refractivity contribution in [1.29, 1.82) is 0 Å². The first-order valence-corrected chi connectivity index (χ1v) is 11.5. The molecule has 2 aromatic heterocycles. The van der Waals surface area contributed by atoms with Gasteiger partial charge in [0.25, 0.3) is 0 Å². The molecule has 1 amide bonds. The maximum absolute atomic E-state index is 12.6. The number of aryl methyl sites for hydroxylation is 2. The molecule has 0 aliphatic rings. The number of rotatable bonds is 7. The Labute approximate surface area is 201 Å². The molecule has 2 aromatic carbocycles. The van der Waals surface area contributed by atoms with Crippen molar-refractivity contribution in [3.63, 3.8) is 0 Å². The van der Waals surface area contributed by atoms with Crippen LogP contribution in [0.2, 0.25) is 0 Å². The number of methoxy groups -OCH3 is 1. The summed E-state index contributed by atoms with van der Waals surface area (Å²) in [4.78, 5) is 28.6. The number of hydrogen-bond acceptors (Lipinski definition) is 7. The summed E-state index contributed by atoms with van der Waals surface area (Å²) in [6.45, 7) is 4.07. The van der Waals surface area contributed by atoms with Crippen molar-refractivity contribution in [2.75, 3.05) is 18.2 Å². The molecule has 0 fully saturated rings. The van der Waals surface area contributed by atoms with E-state index in [0.29, 0.717) is 27.9 Å². The van der Waals surface area contributed by atoms with E-state index in [1.165, 1.54) is 18.9 Å². The van der Waals surface area contributed by atoms with Gasteiger partial charge in [-0.1, -0.05) is 35.5 Å². The van der Waals surface area contributed by atoms with Gasteiger partial charge in [0.1, 0.15) is 5.69 Å². The van der Waals surface area contributed by atoms with Crippen LogP contribution in [0.1, 0.15) is 21.5 Å². The van der Waals surface area contributed by atoms with Crippen LogP contribution in [0, 0.1) is 13.8 Å². The Balaban J connectivity index is 1.55. The Hall–Kier alpha value is -3.98. The number of carbonyl (C=O) groups is 2. The highest BCUT2D eigenvalue weighted by molar-refractivity contribution is 7.99. The molecule has 0 radical (unpaired) electrons. The van der Waals surface area contributed by atoms with E-state index in [4.69, 9.17) is 4.74 Å². The lowest BCUT2D eigenvalue weighted by atomic mass is 10.1. The van der Waals surface area contributed by atoms with Crippen LogP contribution in [-0.4, -0.2) is 44.5 Å². The van der Waals surface area contributed by atoms with Gasteiger partial charge in [-0.3, -0.25) is 14.3 Å². The zero-order chi connectivity index (χ0) is 24.1. The molecule has 2 heterocycles. The number of nitrogens with one attached hydrogen (secondary N) is 1. The van der Waals surface area contributed by atoms with Gasteiger partial charge in [-0.25, -0.2) is 4.79 Å². The fourth-order valence-corrected chi connectivity index (χ4v) is 4.18. The number of carbonyl (C=O) groups excluding carboxylic acids is 2. The van der Waals surface area contributed by atoms with Gasteiger partial charge < -0.3 is 10.1 Å². The average Bonchev–Trinajstić information content (AvgIpc) is 3.27. The summed E-state index contributed by atoms with van der Waals surface area (Å²) in [7, 11) is 1.32. The summed E-state index contributed by atoms with van der Waals surface area (Å²) in [6.07, 6.45) is 1.71. The Bertz CT molecular complexity index is 1320. The molecule has 0 saturated carbocycles. The Kier molecular flexibility index (Phi) is 7.03.